The molecule has 0 saturated carbocycles. The summed E-state index contributed by atoms with van der Waals surface area (Å²) in [5.41, 5.74) is 0.870. The molecule has 0 aromatic carbocycles. The number of amides is 1. The molecule has 1 saturated heterocycles. The quantitative estimate of drug-likeness (QED) is 0.789. The highest BCUT2D eigenvalue weighted by Crippen LogP contribution is 2.21. The van der Waals surface area contributed by atoms with Crippen molar-refractivity contribution in [3.05, 3.63) is 28.5 Å². The molecule has 5 heteroatoms. The molecule has 1 aromatic heterocycles. The molecule has 1 aromatic rings. The topological polar surface area (TPSA) is 42.4 Å². The Morgan fingerprint density at radius 2 is 2.44 bits per heavy atom. The van der Waals surface area contributed by atoms with Gasteiger partial charge in [0.25, 0.3) is 0 Å². The standard InChI is InChI=1S/C11H13BrN2O2/c1-8(15)14-4-5-16-11(7-14)10-3-2-9(12)6-13-10/h2-3,6,11H,4-5,7H2,1H3. The van der Waals surface area contributed by atoms with Gasteiger partial charge in [-0.3, -0.25) is 9.78 Å². The molecule has 1 aliphatic rings. The second kappa shape index (κ2) is 4.93. The molecule has 0 N–H and O–H groups in total. The Hall–Kier alpha value is -0.940. The number of hydrogen-bond donors (Lipinski definition) is 0. The molecule has 16 heavy (non-hydrogen) atoms. The lowest BCUT2D eigenvalue weighted by atomic mass is 10.2. The summed E-state index contributed by atoms with van der Waals surface area (Å²) in [6.07, 6.45) is 1.64. The summed E-state index contributed by atoms with van der Waals surface area (Å²) in [5, 5.41) is 0. The minimum Gasteiger partial charge on any atom is -0.368 e. The van der Waals surface area contributed by atoms with E-state index < -0.39 is 0 Å². The van der Waals surface area contributed by atoms with E-state index in [1.54, 1.807) is 18.0 Å². The van der Waals surface area contributed by atoms with Crippen molar-refractivity contribution in [2.45, 2.75) is 13.0 Å². The van der Waals surface area contributed by atoms with Crippen LogP contribution in [0.5, 0.6) is 0 Å². The number of pyridine rings is 1. The van der Waals surface area contributed by atoms with Gasteiger partial charge in [-0.15, -0.1) is 0 Å². The summed E-state index contributed by atoms with van der Waals surface area (Å²) in [4.78, 5) is 17.3. The summed E-state index contributed by atoms with van der Waals surface area (Å²) in [6, 6.07) is 3.84. The highest BCUT2D eigenvalue weighted by molar-refractivity contribution is 9.10. The number of hydrogen-bond acceptors (Lipinski definition) is 3. The van der Waals surface area contributed by atoms with Gasteiger partial charge in [0.1, 0.15) is 6.10 Å². The maximum absolute atomic E-state index is 11.3. The number of rotatable bonds is 1. The summed E-state index contributed by atoms with van der Waals surface area (Å²) in [5.74, 6) is 0.0883. The predicted molar refractivity (Wildman–Crippen MR) is 62.9 cm³/mol. The Labute approximate surface area is 103 Å². The largest absolute Gasteiger partial charge is 0.368 e. The van der Waals surface area contributed by atoms with Gasteiger partial charge < -0.3 is 9.64 Å². The third-order valence-corrected chi connectivity index (χ3v) is 3.06. The number of halogens is 1. The molecule has 2 rings (SSSR count). The average Bonchev–Trinajstić information content (AvgIpc) is 2.30. The van der Waals surface area contributed by atoms with E-state index >= 15 is 0 Å². The number of aromatic nitrogens is 1. The van der Waals surface area contributed by atoms with Crippen LogP contribution in [-0.4, -0.2) is 35.5 Å². The summed E-state index contributed by atoms with van der Waals surface area (Å²) in [6.45, 7) is 3.41. The van der Waals surface area contributed by atoms with Gasteiger partial charge >= 0.3 is 0 Å². The Kier molecular flexibility index (Phi) is 3.56. The van der Waals surface area contributed by atoms with Gasteiger partial charge in [0.15, 0.2) is 0 Å². The van der Waals surface area contributed by atoms with E-state index in [1.807, 2.05) is 12.1 Å². The fourth-order valence-corrected chi connectivity index (χ4v) is 1.93. The second-order valence-corrected chi connectivity index (χ2v) is 4.64. The molecule has 0 aliphatic carbocycles. The fraction of sp³-hybridized carbons (Fsp3) is 0.455. The van der Waals surface area contributed by atoms with Crippen LogP contribution < -0.4 is 0 Å². The molecule has 1 unspecified atom stereocenters. The van der Waals surface area contributed by atoms with E-state index in [-0.39, 0.29) is 12.0 Å². The summed E-state index contributed by atoms with van der Waals surface area (Å²) < 4.78 is 6.55. The molecule has 1 atom stereocenters. The monoisotopic (exact) mass is 284 g/mol. The first-order valence-electron chi connectivity index (χ1n) is 5.15. The third kappa shape index (κ3) is 2.59. The van der Waals surface area contributed by atoms with Crippen LogP contribution in [0.15, 0.2) is 22.8 Å². The van der Waals surface area contributed by atoms with Crippen LogP contribution in [0, 0.1) is 0 Å². The van der Waals surface area contributed by atoms with Crippen molar-refractivity contribution in [3.63, 3.8) is 0 Å². The molecular weight excluding hydrogens is 272 g/mol. The van der Waals surface area contributed by atoms with Crippen LogP contribution in [-0.2, 0) is 9.53 Å². The second-order valence-electron chi connectivity index (χ2n) is 3.73. The van der Waals surface area contributed by atoms with E-state index in [1.165, 1.54) is 0 Å². The first-order chi connectivity index (χ1) is 7.66. The van der Waals surface area contributed by atoms with Crippen molar-refractivity contribution < 1.29 is 9.53 Å². The van der Waals surface area contributed by atoms with Crippen molar-refractivity contribution in [2.75, 3.05) is 19.7 Å². The zero-order valence-corrected chi connectivity index (χ0v) is 10.6. The Morgan fingerprint density at radius 1 is 1.62 bits per heavy atom. The SMILES string of the molecule is CC(=O)N1CCOC(c2ccc(Br)cn2)C1. The van der Waals surface area contributed by atoms with Gasteiger partial charge in [0.2, 0.25) is 5.91 Å². The molecule has 0 spiro atoms. The zero-order valence-electron chi connectivity index (χ0n) is 9.02. The van der Waals surface area contributed by atoms with Gasteiger partial charge in [-0.25, -0.2) is 0 Å². The smallest absolute Gasteiger partial charge is 0.219 e. The maximum Gasteiger partial charge on any atom is 0.219 e. The molecule has 1 aliphatic heterocycles. The summed E-state index contributed by atoms with van der Waals surface area (Å²) in [7, 11) is 0. The van der Waals surface area contributed by atoms with Crippen molar-refractivity contribution in [1.82, 2.24) is 9.88 Å². The molecule has 86 valence electrons. The lowest BCUT2D eigenvalue weighted by Crippen LogP contribution is -2.41. The molecular formula is C11H13BrN2O2. The van der Waals surface area contributed by atoms with Crippen LogP contribution in [0.25, 0.3) is 0 Å². The van der Waals surface area contributed by atoms with Gasteiger partial charge in [-0.1, -0.05) is 0 Å². The fourth-order valence-electron chi connectivity index (χ4n) is 1.69. The van der Waals surface area contributed by atoms with Crippen molar-refractivity contribution in [1.29, 1.82) is 0 Å². The Balaban J connectivity index is 2.09. The van der Waals surface area contributed by atoms with Crippen molar-refractivity contribution >= 4 is 21.8 Å². The minimum absolute atomic E-state index is 0.0883. The van der Waals surface area contributed by atoms with Crippen LogP contribution in [0.1, 0.15) is 18.7 Å². The highest BCUT2D eigenvalue weighted by Gasteiger charge is 2.24. The van der Waals surface area contributed by atoms with Crippen LogP contribution in [0.4, 0.5) is 0 Å². The number of ether oxygens (including phenoxy) is 1. The molecule has 4 nitrogen and oxygen atoms in total. The summed E-state index contributed by atoms with van der Waals surface area (Å²) >= 11 is 3.34. The lowest BCUT2D eigenvalue weighted by Gasteiger charge is -2.31. The van der Waals surface area contributed by atoms with E-state index in [9.17, 15) is 4.79 Å². The molecule has 2 heterocycles. The Morgan fingerprint density at radius 3 is 3.06 bits per heavy atom. The zero-order chi connectivity index (χ0) is 11.5. The number of nitrogens with zero attached hydrogens (tertiary/aromatic N) is 2. The van der Waals surface area contributed by atoms with Crippen molar-refractivity contribution in [2.24, 2.45) is 0 Å². The van der Waals surface area contributed by atoms with Crippen LogP contribution in [0.2, 0.25) is 0 Å². The average molecular weight is 285 g/mol. The number of carbonyl (C=O) groups is 1. The van der Waals surface area contributed by atoms with Gasteiger partial charge in [0, 0.05) is 24.1 Å². The van der Waals surface area contributed by atoms with Crippen LogP contribution in [0.3, 0.4) is 0 Å². The van der Waals surface area contributed by atoms with E-state index in [4.69, 9.17) is 4.74 Å². The molecule has 0 bridgehead atoms. The first-order valence-corrected chi connectivity index (χ1v) is 5.94. The highest BCUT2D eigenvalue weighted by atomic mass is 79.9. The molecule has 1 fully saturated rings. The van der Waals surface area contributed by atoms with E-state index in [0.717, 1.165) is 10.2 Å². The maximum atomic E-state index is 11.3. The normalized spacial score (nSPS) is 20.9. The van der Waals surface area contributed by atoms with Gasteiger partial charge in [-0.05, 0) is 28.1 Å². The third-order valence-electron chi connectivity index (χ3n) is 2.59. The van der Waals surface area contributed by atoms with Gasteiger partial charge in [0.05, 0.1) is 18.8 Å². The lowest BCUT2D eigenvalue weighted by molar-refractivity contribution is -0.136. The Bertz CT molecular complexity index is 380. The van der Waals surface area contributed by atoms with Crippen molar-refractivity contribution in [3.8, 4) is 0 Å². The number of carbonyl (C=O) groups excluding carboxylic acids is 1. The predicted octanol–water partition coefficient (Wildman–Crippen LogP) is 1.76. The number of morpholine rings is 1. The molecule has 1 amide bonds. The van der Waals surface area contributed by atoms with E-state index in [0.29, 0.717) is 19.7 Å². The first kappa shape index (κ1) is 11.5. The minimum atomic E-state index is -0.106. The van der Waals surface area contributed by atoms with E-state index in [2.05, 4.69) is 20.9 Å². The van der Waals surface area contributed by atoms with Crippen LogP contribution >= 0.6 is 15.9 Å². The van der Waals surface area contributed by atoms with Gasteiger partial charge in [-0.2, -0.15) is 0 Å². The molecule has 0 radical (unpaired) electrons.